The highest BCUT2D eigenvalue weighted by Crippen LogP contribution is 2.45. The first kappa shape index (κ1) is 26.5. The summed E-state index contributed by atoms with van der Waals surface area (Å²) in [4.78, 5) is 53.0. The van der Waals surface area contributed by atoms with E-state index in [9.17, 15) is 32.3 Å². The number of hydrogen-bond acceptors (Lipinski definition) is 6. The minimum absolute atomic E-state index is 0.114. The molecule has 1 aromatic heterocycles. The second kappa shape index (κ2) is 9.72. The van der Waals surface area contributed by atoms with Gasteiger partial charge in [0.2, 0.25) is 0 Å². The molecule has 10 nitrogen and oxygen atoms in total. The summed E-state index contributed by atoms with van der Waals surface area (Å²) in [5.41, 5.74) is -6.10. The largest absolute Gasteiger partial charge is 0.493 e. The molecular weight excluding hydrogens is 509 g/mol. The molecule has 1 aliphatic heterocycles. The summed E-state index contributed by atoms with van der Waals surface area (Å²) < 4.78 is 54.9. The molecule has 0 saturated carbocycles. The van der Waals surface area contributed by atoms with Gasteiger partial charge in [0.25, 0.3) is 22.9 Å². The van der Waals surface area contributed by atoms with E-state index in [4.69, 9.17) is 9.47 Å². The number of anilines is 1. The Balaban J connectivity index is 1.78. The molecule has 0 aliphatic carbocycles. The number of hydrogen-bond donors (Lipinski definition) is 3. The minimum Gasteiger partial charge on any atom is -0.493 e. The number of H-pyrrole nitrogens is 1. The average molecular weight is 532 g/mol. The molecule has 0 spiro atoms. The van der Waals surface area contributed by atoms with Gasteiger partial charge in [-0.1, -0.05) is 23.8 Å². The molecule has 2 aromatic carbocycles. The zero-order valence-electron chi connectivity index (χ0n) is 20.5. The monoisotopic (exact) mass is 532 g/mol. The SMILES string of the molecule is COc1ccc(CCn2c3c(c(=O)[nH]c2=O)C(NC(=O)c2ccc(C)cc2)(C(F)(F)F)C(=O)N3)cc1OC. The van der Waals surface area contributed by atoms with Crippen molar-refractivity contribution in [2.75, 3.05) is 19.5 Å². The van der Waals surface area contributed by atoms with E-state index < -0.39 is 46.2 Å². The number of carbonyl (C=O) groups is 2. The lowest BCUT2D eigenvalue weighted by atomic mass is 9.91. The third-order valence-electron chi connectivity index (χ3n) is 6.26. The van der Waals surface area contributed by atoms with Gasteiger partial charge < -0.3 is 20.1 Å². The van der Waals surface area contributed by atoms with Gasteiger partial charge in [0, 0.05) is 12.1 Å². The maximum Gasteiger partial charge on any atom is 0.425 e. The van der Waals surface area contributed by atoms with E-state index in [0.29, 0.717) is 17.1 Å². The maximum atomic E-state index is 14.6. The van der Waals surface area contributed by atoms with Gasteiger partial charge in [-0.15, -0.1) is 0 Å². The zero-order chi connectivity index (χ0) is 27.8. The number of nitrogens with one attached hydrogen (secondary N) is 3. The molecule has 0 saturated heterocycles. The molecule has 2 heterocycles. The molecule has 1 atom stereocenters. The van der Waals surface area contributed by atoms with Gasteiger partial charge in [-0.2, -0.15) is 13.2 Å². The molecule has 1 unspecified atom stereocenters. The highest BCUT2D eigenvalue weighted by molar-refractivity contribution is 6.09. The quantitative estimate of drug-likeness (QED) is 0.428. The van der Waals surface area contributed by atoms with Crippen LogP contribution in [0.25, 0.3) is 0 Å². The number of alkyl halides is 3. The predicted octanol–water partition coefficient (Wildman–Crippen LogP) is 2.24. The first-order chi connectivity index (χ1) is 17.9. The Morgan fingerprint density at radius 1 is 1.03 bits per heavy atom. The zero-order valence-corrected chi connectivity index (χ0v) is 20.5. The van der Waals surface area contributed by atoms with Crippen LogP contribution in [0.3, 0.4) is 0 Å². The fourth-order valence-electron chi connectivity index (χ4n) is 4.26. The number of fused-ring (bicyclic) bond motifs is 1. The average Bonchev–Trinajstić information content (AvgIpc) is 3.17. The van der Waals surface area contributed by atoms with E-state index in [1.165, 1.54) is 38.5 Å². The Kier molecular flexibility index (Phi) is 6.78. The standard InChI is InChI=1S/C25H23F3N4O6/c1-13-4-7-15(8-5-13)20(33)31-24(25(26,27)28)18-19(29-22(24)35)32(23(36)30-21(18)34)11-10-14-6-9-16(37-2)17(12-14)38-3/h4-9,12H,10-11H2,1-3H3,(H,29,35)(H,31,33)(H,30,34,36). The number of aromatic nitrogens is 2. The number of aromatic amines is 1. The van der Waals surface area contributed by atoms with E-state index >= 15 is 0 Å². The van der Waals surface area contributed by atoms with Crippen LogP contribution < -0.4 is 31.4 Å². The summed E-state index contributed by atoms with van der Waals surface area (Å²) in [7, 11) is 2.88. The van der Waals surface area contributed by atoms with E-state index in [2.05, 4.69) is 0 Å². The van der Waals surface area contributed by atoms with E-state index in [1.807, 2.05) is 10.3 Å². The Hall–Kier alpha value is -4.55. The summed E-state index contributed by atoms with van der Waals surface area (Å²) >= 11 is 0. The molecule has 200 valence electrons. The summed E-state index contributed by atoms with van der Waals surface area (Å²) in [6.07, 6.45) is -5.31. The summed E-state index contributed by atoms with van der Waals surface area (Å²) in [6, 6.07) is 10.5. The van der Waals surface area contributed by atoms with Gasteiger partial charge in [0.15, 0.2) is 11.5 Å². The van der Waals surface area contributed by atoms with Crippen LogP contribution in [0.1, 0.15) is 27.0 Å². The normalized spacial score (nSPS) is 16.5. The second-order valence-electron chi connectivity index (χ2n) is 8.60. The van der Waals surface area contributed by atoms with Crippen molar-refractivity contribution >= 4 is 17.6 Å². The summed E-state index contributed by atoms with van der Waals surface area (Å²) in [5, 5.41) is 3.73. The maximum absolute atomic E-state index is 14.6. The number of aryl methyl sites for hydroxylation is 2. The van der Waals surface area contributed by atoms with Crippen molar-refractivity contribution in [1.29, 1.82) is 0 Å². The Morgan fingerprint density at radius 2 is 1.68 bits per heavy atom. The molecular formula is C25H23F3N4O6. The van der Waals surface area contributed by atoms with E-state index in [1.54, 1.807) is 30.4 Å². The first-order valence-electron chi connectivity index (χ1n) is 11.3. The van der Waals surface area contributed by atoms with Crippen LogP contribution >= 0.6 is 0 Å². The fourth-order valence-corrected chi connectivity index (χ4v) is 4.26. The van der Waals surface area contributed by atoms with Crippen molar-refractivity contribution in [3.05, 3.63) is 85.6 Å². The molecule has 0 bridgehead atoms. The molecule has 2 amide bonds. The van der Waals surface area contributed by atoms with Crippen molar-refractivity contribution in [2.24, 2.45) is 0 Å². The van der Waals surface area contributed by atoms with Crippen LogP contribution in [0, 0.1) is 6.92 Å². The highest BCUT2D eigenvalue weighted by atomic mass is 19.4. The molecule has 1 aliphatic rings. The summed E-state index contributed by atoms with van der Waals surface area (Å²) in [5.74, 6) is -2.74. The van der Waals surface area contributed by atoms with Gasteiger partial charge in [-0.3, -0.25) is 23.9 Å². The van der Waals surface area contributed by atoms with Crippen molar-refractivity contribution in [3.8, 4) is 11.5 Å². The van der Waals surface area contributed by atoms with Crippen LogP contribution in [-0.4, -0.2) is 41.8 Å². The van der Waals surface area contributed by atoms with Crippen molar-refractivity contribution in [3.63, 3.8) is 0 Å². The number of methoxy groups -OCH3 is 2. The number of benzene rings is 2. The van der Waals surface area contributed by atoms with Gasteiger partial charge >= 0.3 is 11.9 Å². The predicted molar refractivity (Wildman–Crippen MR) is 130 cm³/mol. The molecule has 4 rings (SSSR count). The summed E-state index contributed by atoms with van der Waals surface area (Å²) in [6.45, 7) is 1.51. The number of halogens is 3. The molecule has 3 N–H and O–H groups in total. The van der Waals surface area contributed by atoms with Crippen molar-refractivity contribution < 1.29 is 32.2 Å². The number of ether oxygens (including phenoxy) is 2. The Morgan fingerprint density at radius 3 is 2.29 bits per heavy atom. The van der Waals surface area contributed by atoms with Crippen LogP contribution in [0.15, 0.2) is 52.1 Å². The van der Waals surface area contributed by atoms with E-state index in [0.717, 1.165) is 10.1 Å². The number of nitrogens with zero attached hydrogens (tertiary/aromatic N) is 1. The fraction of sp³-hybridized carbons (Fsp3) is 0.280. The molecule has 0 radical (unpaired) electrons. The molecule has 38 heavy (non-hydrogen) atoms. The topological polar surface area (TPSA) is 132 Å². The lowest BCUT2D eigenvalue weighted by Gasteiger charge is -2.30. The van der Waals surface area contributed by atoms with Gasteiger partial charge in [0.05, 0.1) is 14.2 Å². The van der Waals surface area contributed by atoms with Crippen molar-refractivity contribution in [1.82, 2.24) is 14.9 Å². The van der Waals surface area contributed by atoms with Gasteiger partial charge in [-0.05, 0) is 43.2 Å². The third-order valence-corrected chi connectivity index (χ3v) is 6.26. The minimum atomic E-state index is -5.43. The number of amides is 2. The molecule has 0 fully saturated rings. The number of carbonyl (C=O) groups excluding carboxylic acids is 2. The van der Waals surface area contributed by atoms with Crippen molar-refractivity contribution in [2.45, 2.75) is 31.6 Å². The molecule has 13 heteroatoms. The van der Waals surface area contributed by atoms with Crippen LogP contribution in [0.4, 0.5) is 19.0 Å². The highest BCUT2D eigenvalue weighted by Gasteiger charge is 2.68. The van der Waals surface area contributed by atoms with Crippen LogP contribution in [0.5, 0.6) is 11.5 Å². The van der Waals surface area contributed by atoms with Crippen LogP contribution in [-0.2, 0) is 23.3 Å². The first-order valence-corrected chi connectivity index (χ1v) is 11.3. The smallest absolute Gasteiger partial charge is 0.425 e. The Labute approximate surface area is 213 Å². The van der Waals surface area contributed by atoms with Gasteiger partial charge in [0.1, 0.15) is 11.4 Å². The lowest BCUT2D eigenvalue weighted by Crippen LogP contribution is -2.62. The number of rotatable bonds is 7. The van der Waals surface area contributed by atoms with Crippen LogP contribution in [0.2, 0.25) is 0 Å². The lowest BCUT2D eigenvalue weighted by molar-refractivity contribution is -0.196. The Bertz CT molecular complexity index is 1530. The third kappa shape index (κ3) is 4.40. The van der Waals surface area contributed by atoms with Gasteiger partial charge in [-0.25, -0.2) is 4.79 Å². The molecule has 3 aromatic rings. The van der Waals surface area contributed by atoms with E-state index in [-0.39, 0.29) is 18.5 Å². The second-order valence-corrected chi connectivity index (χ2v) is 8.60.